The normalized spacial score (nSPS) is 13.6. The number of ether oxygens (including phenoxy) is 3. The highest BCUT2D eigenvalue weighted by Gasteiger charge is 2.58. The summed E-state index contributed by atoms with van der Waals surface area (Å²) < 4.78 is 74.9. The molecular formula is C20H31F5O6. The minimum Gasteiger partial charge on any atom is -0.462 e. The van der Waals surface area contributed by atoms with E-state index in [1.165, 1.54) is 0 Å². The molecule has 0 aliphatic heterocycles. The van der Waals surface area contributed by atoms with Gasteiger partial charge in [-0.2, -0.15) is 22.0 Å². The van der Waals surface area contributed by atoms with Gasteiger partial charge in [0.1, 0.15) is 13.2 Å². The van der Waals surface area contributed by atoms with Crippen molar-refractivity contribution in [1.29, 1.82) is 0 Å². The molecule has 31 heavy (non-hydrogen) atoms. The molecule has 0 aliphatic carbocycles. The Balaban J connectivity index is 4.24. The first kappa shape index (κ1) is 29.1. The van der Waals surface area contributed by atoms with Crippen LogP contribution in [0, 0.1) is 17.3 Å². The average Bonchev–Trinajstić information content (AvgIpc) is 2.65. The number of hydrogen-bond donors (Lipinski definition) is 0. The number of hydrogen-bond acceptors (Lipinski definition) is 6. The van der Waals surface area contributed by atoms with E-state index in [0.29, 0.717) is 6.42 Å². The Kier molecular flexibility index (Phi) is 11.4. The molecule has 0 saturated carbocycles. The third kappa shape index (κ3) is 11.3. The summed E-state index contributed by atoms with van der Waals surface area (Å²) in [4.78, 5) is 35.0. The number of rotatable bonds is 13. The second-order valence-corrected chi connectivity index (χ2v) is 8.32. The zero-order valence-electron chi connectivity index (χ0n) is 18.4. The van der Waals surface area contributed by atoms with E-state index in [1.54, 1.807) is 0 Å². The Morgan fingerprint density at radius 1 is 0.839 bits per heavy atom. The average molecular weight is 462 g/mol. The maximum absolute atomic E-state index is 12.6. The van der Waals surface area contributed by atoms with Crippen LogP contribution in [0.15, 0.2) is 0 Å². The van der Waals surface area contributed by atoms with Crippen molar-refractivity contribution < 1.29 is 50.5 Å². The van der Waals surface area contributed by atoms with Crippen LogP contribution in [0.2, 0.25) is 0 Å². The summed E-state index contributed by atoms with van der Waals surface area (Å²) in [6.45, 7) is 7.28. The molecular weight excluding hydrogens is 431 g/mol. The first-order valence-corrected chi connectivity index (χ1v) is 9.95. The number of halogens is 5. The summed E-state index contributed by atoms with van der Waals surface area (Å²) in [5.74, 6) is -8.17. The van der Waals surface area contributed by atoms with E-state index in [-0.39, 0.29) is 30.5 Å². The van der Waals surface area contributed by atoms with Crippen molar-refractivity contribution in [1.82, 2.24) is 0 Å². The molecule has 0 amide bonds. The zero-order chi connectivity index (χ0) is 24.5. The summed E-state index contributed by atoms with van der Waals surface area (Å²) in [5.41, 5.74) is -0.0426. The van der Waals surface area contributed by atoms with Crippen LogP contribution in [0.5, 0.6) is 0 Å². The molecule has 0 aliphatic rings. The van der Waals surface area contributed by atoms with E-state index in [1.807, 2.05) is 34.6 Å². The van der Waals surface area contributed by atoms with E-state index in [4.69, 9.17) is 9.47 Å². The van der Waals surface area contributed by atoms with Crippen molar-refractivity contribution >= 4 is 17.9 Å². The highest BCUT2D eigenvalue weighted by molar-refractivity contribution is 5.77. The molecule has 0 radical (unpaired) electrons. The van der Waals surface area contributed by atoms with Gasteiger partial charge in [-0.3, -0.25) is 14.4 Å². The van der Waals surface area contributed by atoms with Crippen molar-refractivity contribution in [3.63, 3.8) is 0 Å². The minimum atomic E-state index is -5.84. The van der Waals surface area contributed by atoms with Gasteiger partial charge in [-0.05, 0) is 17.8 Å². The fourth-order valence-corrected chi connectivity index (χ4v) is 2.34. The Bertz CT molecular complexity index is 601. The van der Waals surface area contributed by atoms with Crippen LogP contribution < -0.4 is 0 Å². The van der Waals surface area contributed by atoms with E-state index >= 15 is 0 Å². The van der Waals surface area contributed by atoms with Crippen LogP contribution in [-0.2, 0) is 28.6 Å². The number of carbonyl (C=O) groups is 3. The predicted octanol–water partition coefficient (Wildman–Crippen LogP) is 4.69. The van der Waals surface area contributed by atoms with Crippen LogP contribution in [-0.4, -0.2) is 49.8 Å². The third-order valence-corrected chi connectivity index (χ3v) is 4.79. The maximum atomic E-state index is 12.6. The molecule has 0 fully saturated rings. The highest BCUT2D eigenvalue weighted by Crippen LogP contribution is 2.35. The van der Waals surface area contributed by atoms with Gasteiger partial charge in [-0.15, -0.1) is 0 Å². The van der Waals surface area contributed by atoms with Crippen molar-refractivity contribution in [2.75, 3.05) is 19.8 Å². The van der Waals surface area contributed by atoms with Crippen LogP contribution >= 0.6 is 0 Å². The molecule has 0 heterocycles. The molecule has 0 N–H and O–H groups in total. The van der Waals surface area contributed by atoms with Gasteiger partial charge in [-0.1, -0.05) is 41.0 Å². The largest absolute Gasteiger partial charge is 0.462 e. The van der Waals surface area contributed by atoms with Gasteiger partial charge in [0.25, 0.3) is 0 Å². The molecule has 0 spiro atoms. The summed E-state index contributed by atoms with van der Waals surface area (Å²) in [6.07, 6.45) is -5.63. The van der Waals surface area contributed by atoms with E-state index < -0.39 is 49.5 Å². The van der Waals surface area contributed by atoms with Gasteiger partial charge in [0.05, 0.1) is 18.8 Å². The first-order valence-electron chi connectivity index (χ1n) is 9.95. The van der Waals surface area contributed by atoms with Crippen LogP contribution in [0.1, 0.15) is 60.3 Å². The smallest absolute Gasteiger partial charge is 0.456 e. The quantitative estimate of drug-likeness (QED) is 0.171. The highest BCUT2D eigenvalue weighted by atomic mass is 19.4. The van der Waals surface area contributed by atoms with Gasteiger partial charge in [0, 0.05) is 0 Å². The lowest BCUT2D eigenvalue weighted by Crippen LogP contribution is -2.41. The molecule has 0 aromatic rings. The first-order chi connectivity index (χ1) is 14.0. The van der Waals surface area contributed by atoms with Crippen LogP contribution in [0.25, 0.3) is 0 Å². The van der Waals surface area contributed by atoms with Crippen LogP contribution in [0.3, 0.4) is 0 Å². The SMILES string of the molecule is CCC(C)(C)CC(C(=O)OCCOC(=O)CCC(=O)OCC(F)(F)C(F)(F)F)C(C)C. The van der Waals surface area contributed by atoms with Crippen LogP contribution in [0.4, 0.5) is 22.0 Å². The van der Waals surface area contributed by atoms with Gasteiger partial charge in [-0.25, -0.2) is 0 Å². The van der Waals surface area contributed by atoms with Gasteiger partial charge < -0.3 is 14.2 Å². The standard InChI is InChI=1S/C20H31F5O6/c1-6-18(4,5)11-14(13(2)3)17(28)30-10-9-29-15(26)7-8-16(27)31-12-19(21,22)20(23,24)25/h13-14H,6-12H2,1-5H3. The van der Waals surface area contributed by atoms with Gasteiger partial charge in [0.15, 0.2) is 6.61 Å². The second kappa shape index (κ2) is 12.2. The Hall–Kier alpha value is -1.94. The molecule has 0 aromatic carbocycles. The fraction of sp³-hybridized carbons (Fsp3) is 0.850. The predicted molar refractivity (Wildman–Crippen MR) is 100 cm³/mol. The third-order valence-electron chi connectivity index (χ3n) is 4.79. The Morgan fingerprint density at radius 2 is 1.32 bits per heavy atom. The number of alkyl halides is 5. The topological polar surface area (TPSA) is 78.9 Å². The lowest BCUT2D eigenvalue weighted by molar-refractivity contribution is -0.294. The summed E-state index contributed by atoms with van der Waals surface area (Å²) in [7, 11) is 0. The maximum Gasteiger partial charge on any atom is 0.456 e. The molecule has 0 aromatic heterocycles. The zero-order valence-corrected chi connectivity index (χ0v) is 18.4. The molecule has 0 saturated heterocycles. The molecule has 0 rings (SSSR count). The molecule has 0 bridgehead atoms. The lowest BCUT2D eigenvalue weighted by atomic mass is 9.77. The Morgan fingerprint density at radius 3 is 1.77 bits per heavy atom. The summed E-state index contributed by atoms with van der Waals surface area (Å²) in [5, 5.41) is 0. The fourth-order valence-electron chi connectivity index (χ4n) is 2.34. The molecule has 11 heteroatoms. The Labute approximate surface area is 178 Å². The van der Waals surface area contributed by atoms with E-state index in [2.05, 4.69) is 4.74 Å². The van der Waals surface area contributed by atoms with Gasteiger partial charge >= 0.3 is 30.0 Å². The molecule has 182 valence electrons. The monoisotopic (exact) mass is 462 g/mol. The molecule has 6 nitrogen and oxygen atoms in total. The van der Waals surface area contributed by atoms with Crippen molar-refractivity contribution in [3.05, 3.63) is 0 Å². The molecule has 1 atom stereocenters. The second-order valence-electron chi connectivity index (χ2n) is 8.32. The van der Waals surface area contributed by atoms with Crippen molar-refractivity contribution in [3.8, 4) is 0 Å². The number of carbonyl (C=O) groups excluding carboxylic acids is 3. The lowest BCUT2D eigenvalue weighted by Gasteiger charge is -2.29. The summed E-state index contributed by atoms with van der Waals surface area (Å²) in [6, 6.07) is 0. The molecule has 1 unspecified atom stereocenters. The van der Waals surface area contributed by atoms with E-state index in [0.717, 1.165) is 6.42 Å². The van der Waals surface area contributed by atoms with Gasteiger partial charge in [0.2, 0.25) is 0 Å². The number of esters is 3. The van der Waals surface area contributed by atoms with Crippen molar-refractivity contribution in [2.45, 2.75) is 72.4 Å². The summed E-state index contributed by atoms with van der Waals surface area (Å²) >= 11 is 0. The van der Waals surface area contributed by atoms with Crippen molar-refractivity contribution in [2.24, 2.45) is 17.3 Å². The minimum absolute atomic E-state index is 0.0426. The van der Waals surface area contributed by atoms with E-state index in [9.17, 15) is 36.3 Å².